The van der Waals surface area contributed by atoms with E-state index in [-0.39, 0.29) is 23.7 Å². The van der Waals surface area contributed by atoms with Crippen LogP contribution in [-0.4, -0.2) is 5.91 Å². The first kappa shape index (κ1) is 11.7. The molecule has 0 spiro atoms. The molecule has 0 aromatic heterocycles. The zero-order chi connectivity index (χ0) is 12.7. The largest absolute Gasteiger partial charge is 0.349 e. The van der Waals surface area contributed by atoms with E-state index in [0.29, 0.717) is 0 Å². The van der Waals surface area contributed by atoms with E-state index in [4.69, 9.17) is 0 Å². The Morgan fingerprint density at radius 1 is 1.33 bits per heavy atom. The van der Waals surface area contributed by atoms with Gasteiger partial charge in [-0.3, -0.25) is 4.79 Å². The Morgan fingerprint density at radius 2 is 2.06 bits per heavy atom. The van der Waals surface area contributed by atoms with E-state index >= 15 is 0 Å². The van der Waals surface area contributed by atoms with E-state index in [1.54, 1.807) is 6.07 Å². The van der Waals surface area contributed by atoms with Gasteiger partial charge in [0.25, 0.3) is 0 Å². The van der Waals surface area contributed by atoms with Gasteiger partial charge in [0, 0.05) is 5.92 Å². The van der Waals surface area contributed by atoms with E-state index < -0.39 is 0 Å². The number of carbonyl (C=O) groups excluding carboxylic acids is 1. The number of hydrogen-bond acceptors (Lipinski definition) is 1. The van der Waals surface area contributed by atoms with Gasteiger partial charge in [-0.2, -0.15) is 0 Å². The van der Waals surface area contributed by atoms with Crippen LogP contribution in [0.15, 0.2) is 24.3 Å². The summed E-state index contributed by atoms with van der Waals surface area (Å²) in [5.74, 6) is 1.69. The topological polar surface area (TPSA) is 29.1 Å². The number of carbonyl (C=O) groups is 1. The van der Waals surface area contributed by atoms with Crippen molar-refractivity contribution in [1.82, 2.24) is 5.32 Å². The number of rotatable bonds is 3. The normalized spacial score (nSPS) is 30.7. The first-order chi connectivity index (χ1) is 8.63. The van der Waals surface area contributed by atoms with Crippen molar-refractivity contribution in [3.63, 3.8) is 0 Å². The molecule has 1 N–H and O–H groups in total. The molecule has 3 heteroatoms. The molecule has 0 radical (unpaired) electrons. The fourth-order valence-electron chi connectivity index (χ4n) is 3.12. The molecule has 1 amide bonds. The molecule has 96 valence electrons. The fraction of sp³-hybridized carbons (Fsp3) is 0.533. The van der Waals surface area contributed by atoms with Gasteiger partial charge in [-0.1, -0.05) is 12.1 Å². The maximum absolute atomic E-state index is 13.1. The molecule has 2 nitrogen and oxygen atoms in total. The van der Waals surface area contributed by atoms with E-state index in [1.807, 2.05) is 13.0 Å². The Morgan fingerprint density at radius 3 is 2.72 bits per heavy atom. The lowest BCUT2D eigenvalue weighted by molar-refractivity contribution is -0.125. The lowest BCUT2D eigenvalue weighted by Crippen LogP contribution is -2.32. The van der Waals surface area contributed by atoms with Gasteiger partial charge in [-0.25, -0.2) is 4.39 Å². The number of hydrogen-bond donors (Lipinski definition) is 1. The molecule has 2 saturated carbocycles. The van der Waals surface area contributed by atoms with Crippen molar-refractivity contribution in [1.29, 1.82) is 0 Å². The molecule has 0 bridgehead atoms. The van der Waals surface area contributed by atoms with E-state index in [2.05, 4.69) is 5.32 Å². The Balaban J connectivity index is 1.60. The number of fused-ring (bicyclic) bond motifs is 1. The quantitative estimate of drug-likeness (QED) is 0.874. The van der Waals surface area contributed by atoms with Gasteiger partial charge in [-0.15, -0.1) is 0 Å². The molecular weight excluding hydrogens is 229 g/mol. The Hall–Kier alpha value is -1.38. The maximum Gasteiger partial charge on any atom is 0.223 e. The molecule has 0 heterocycles. The van der Waals surface area contributed by atoms with Crippen molar-refractivity contribution in [2.75, 3.05) is 0 Å². The van der Waals surface area contributed by atoms with Crippen LogP contribution in [0, 0.1) is 23.6 Å². The van der Waals surface area contributed by atoms with Gasteiger partial charge in [0.2, 0.25) is 5.91 Å². The van der Waals surface area contributed by atoms with E-state index in [1.165, 1.54) is 18.6 Å². The molecule has 2 unspecified atom stereocenters. The number of nitrogens with one attached hydrogen (secondary N) is 1. The van der Waals surface area contributed by atoms with E-state index in [0.717, 1.165) is 30.2 Å². The minimum atomic E-state index is -0.254. The van der Waals surface area contributed by atoms with Crippen molar-refractivity contribution in [3.05, 3.63) is 35.6 Å². The Kier molecular flexibility index (Phi) is 2.84. The predicted octanol–water partition coefficient (Wildman–Crippen LogP) is 3.05. The lowest BCUT2D eigenvalue weighted by Gasteiger charge is -2.18. The summed E-state index contributed by atoms with van der Waals surface area (Å²) < 4.78 is 13.1. The summed E-state index contributed by atoms with van der Waals surface area (Å²) in [4.78, 5) is 12.1. The van der Waals surface area contributed by atoms with Crippen LogP contribution in [0.4, 0.5) is 4.39 Å². The second-order valence-electron chi connectivity index (χ2n) is 5.71. The van der Waals surface area contributed by atoms with Crippen LogP contribution in [0.1, 0.15) is 37.8 Å². The van der Waals surface area contributed by atoms with Crippen molar-refractivity contribution in [3.8, 4) is 0 Å². The maximum atomic E-state index is 13.1. The van der Waals surface area contributed by atoms with Crippen LogP contribution in [0.3, 0.4) is 0 Å². The summed E-state index contributed by atoms with van der Waals surface area (Å²) in [5, 5.41) is 3.00. The third-order valence-electron chi connectivity index (χ3n) is 4.32. The average molecular weight is 247 g/mol. The second-order valence-corrected chi connectivity index (χ2v) is 5.71. The zero-order valence-corrected chi connectivity index (χ0v) is 10.5. The van der Waals surface area contributed by atoms with Crippen LogP contribution >= 0.6 is 0 Å². The van der Waals surface area contributed by atoms with Crippen LogP contribution in [0.5, 0.6) is 0 Å². The number of benzene rings is 1. The van der Waals surface area contributed by atoms with Crippen LogP contribution in [0.2, 0.25) is 0 Å². The number of amides is 1. The summed E-state index contributed by atoms with van der Waals surface area (Å²) in [7, 11) is 0. The summed E-state index contributed by atoms with van der Waals surface area (Å²) in [6.07, 6.45) is 3.42. The van der Waals surface area contributed by atoms with Gasteiger partial charge in [-0.05, 0) is 55.7 Å². The zero-order valence-electron chi connectivity index (χ0n) is 10.5. The first-order valence-electron chi connectivity index (χ1n) is 6.69. The van der Waals surface area contributed by atoms with Crippen LogP contribution in [-0.2, 0) is 4.79 Å². The molecule has 18 heavy (non-hydrogen) atoms. The van der Waals surface area contributed by atoms with Crippen LogP contribution < -0.4 is 5.32 Å². The molecule has 3 atom stereocenters. The van der Waals surface area contributed by atoms with Gasteiger partial charge < -0.3 is 5.32 Å². The van der Waals surface area contributed by atoms with Crippen molar-refractivity contribution < 1.29 is 9.18 Å². The summed E-state index contributed by atoms with van der Waals surface area (Å²) in [6.45, 7) is 1.91. The molecule has 0 aliphatic heterocycles. The van der Waals surface area contributed by atoms with Crippen molar-refractivity contribution >= 4 is 5.91 Å². The second kappa shape index (κ2) is 4.38. The molecule has 0 saturated heterocycles. The Bertz CT molecular complexity index is 463. The van der Waals surface area contributed by atoms with Gasteiger partial charge in [0.1, 0.15) is 5.82 Å². The lowest BCUT2D eigenvalue weighted by atomic mass is 10.0. The van der Waals surface area contributed by atoms with Crippen molar-refractivity contribution in [2.45, 2.75) is 32.2 Å². The number of halogens is 1. The molecule has 1 aromatic carbocycles. The van der Waals surface area contributed by atoms with Crippen LogP contribution in [0.25, 0.3) is 0 Å². The highest BCUT2D eigenvalue weighted by atomic mass is 19.1. The minimum absolute atomic E-state index is 0.120. The third kappa shape index (κ3) is 2.26. The van der Waals surface area contributed by atoms with Crippen molar-refractivity contribution in [2.24, 2.45) is 17.8 Å². The highest BCUT2D eigenvalue weighted by Crippen LogP contribution is 2.54. The molecule has 3 rings (SSSR count). The first-order valence-corrected chi connectivity index (χ1v) is 6.69. The van der Waals surface area contributed by atoms with Gasteiger partial charge >= 0.3 is 0 Å². The minimum Gasteiger partial charge on any atom is -0.349 e. The summed E-state index contributed by atoms with van der Waals surface area (Å²) in [5.41, 5.74) is 0.825. The molecular formula is C15H18FNO. The molecule has 2 fully saturated rings. The highest BCUT2D eigenvalue weighted by Gasteiger charge is 2.48. The van der Waals surface area contributed by atoms with Gasteiger partial charge in [0.05, 0.1) is 6.04 Å². The molecule has 1 aromatic rings. The van der Waals surface area contributed by atoms with Gasteiger partial charge in [0.15, 0.2) is 0 Å². The smallest absolute Gasteiger partial charge is 0.223 e. The third-order valence-corrected chi connectivity index (χ3v) is 4.32. The standard InChI is InChI=1S/C15H18FNO/c1-9(10-3-2-4-14(16)8-10)17-15(18)13-6-11-5-12(11)7-13/h2-4,8-9,11-13H,5-7H2,1H3,(H,17,18)/t9-,11?,12?,13?/m0/s1. The molecule has 2 aliphatic carbocycles. The summed E-state index contributed by atoms with van der Waals surface area (Å²) >= 11 is 0. The molecule has 2 aliphatic rings. The monoisotopic (exact) mass is 247 g/mol. The SMILES string of the molecule is C[C@H](NC(=O)C1CC2CC2C1)c1cccc(F)c1. The summed E-state index contributed by atoms with van der Waals surface area (Å²) in [6, 6.07) is 6.31. The van der Waals surface area contributed by atoms with E-state index in [9.17, 15) is 9.18 Å². The highest BCUT2D eigenvalue weighted by molar-refractivity contribution is 5.79. The Labute approximate surface area is 107 Å². The predicted molar refractivity (Wildman–Crippen MR) is 67.3 cm³/mol. The average Bonchev–Trinajstić information content (AvgIpc) is 2.96. The fourth-order valence-corrected chi connectivity index (χ4v) is 3.12.